The zero-order chi connectivity index (χ0) is 48.3. The van der Waals surface area contributed by atoms with Gasteiger partial charge in [0.25, 0.3) is 5.91 Å². The van der Waals surface area contributed by atoms with Crippen LogP contribution in [0.5, 0.6) is 0 Å². The minimum Gasteiger partial charge on any atom is -0.414 e. The number of ether oxygens (including phenoxy) is 3. The Balaban J connectivity index is 1.32. The summed E-state index contributed by atoms with van der Waals surface area (Å²) in [5.41, 5.74) is 1.88. The number of rotatable bonds is 13. The first kappa shape index (κ1) is 51.6. The van der Waals surface area contributed by atoms with Crippen molar-refractivity contribution >= 4 is 57.1 Å². The Bertz CT molecular complexity index is 2100. The topological polar surface area (TPSA) is 176 Å². The van der Waals surface area contributed by atoms with Crippen molar-refractivity contribution in [3.05, 3.63) is 48.5 Å². The molecule has 0 bridgehead atoms. The SMILES string of the molecule is CC(C)[Si]1(C(C)C)OC[C@H]2O[C@H](O[C@@H]3[C@@H]4O[Si](C(C)C)(C(C)C)O[Si](C(C)C)(C(C)C)OC[C@H]4O[C@H]3n3cnc4c(NC(=O)c5ccccc5)ncnc43)[C@@H](O)[C@@H]2O[Si](C(C)C)(C(C)C)O1. The Kier molecular flexibility index (Phi) is 15.5. The maximum atomic E-state index is 13.4. The van der Waals surface area contributed by atoms with Crippen LogP contribution < -0.4 is 5.32 Å². The number of fused-ring (bicyclic) bond motifs is 3. The van der Waals surface area contributed by atoms with Crippen molar-refractivity contribution in [2.24, 2.45) is 0 Å². The zero-order valence-corrected chi connectivity index (χ0v) is 46.0. The van der Waals surface area contributed by atoms with Gasteiger partial charge in [-0.2, -0.15) is 0 Å². The van der Waals surface area contributed by atoms with Crippen LogP contribution in [0.2, 0.25) is 44.3 Å². The van der Waals surface area contributed by atoms with E-state index in [-0.39, 0.29) is 69.3 Å². The largest absolute Gasteiger partial charge is 0.414 e. The van der Waals surface area contributed by atoms with Crippen molar-refractivity contribution in [2.75, 3.05) is 18.5 Å². The molecule has 0 unspecified atom stereocenters. The molecule has 3 aromatic rings. The second-order valence-corrected chi connectivity index (χ2v) is 38.9. The first-order chi connectivity index (χ1) is 31.0. The fourth-order valence-corrected chi connectivity index (χ4v) is 33.2. The van der Waals surface area contributed by atoms with E-state index in [0.717, 1.165) is 0 Å². The van der Waals surface area contributed by atoms with Gasteiger partial charge in [0, 0.05) is 5.56 Å². The lowest BCUT2D eigenvalue weighted by molar-refractivity contribution is -0.218. The van der Waals surface area contributed by atoms with E-state index >= 15 is 0 Å². The number of aromatic nitrogens is 4. The number of benzene rings is 1. The van der Waals surface area contributed by atoms with E-state index in [0.29, 0.717) is 16.7 Å². The van der Waals surface area contributed by atoms with Crippen molar-refractivity contribution < 1.29 is 50.0 Å². The van der Waals surface area contributed by atoms with E-state index in [1.807, 2.05) is 6.07 Å². The quantitative estimate of drug-likeness (QED) is 0.155. The lowest BCUT2D eigenvalue weighted by atomic mass is 10.1. The number of amides is 1. The number of carbonyl (C=O) groups is 1. The minimum absolute atomic E-state index is 0.0206. The van der Waals surface area contributed by atoms with Gasteiger partial charge >= 0.3 is 34.2 Å². The van der Waals surface area contributed by atoms with Crippen molar-refractivity contribution in [1.29, 1.82) is 0 Å². The highest BCUT2D eigenvalue weighted by Crippen LogP contribution is 2.51. The molecule has 368 valence electrons. The van der Waals surface area contributed by atoms with Gasteiger partial charge in [0.15, 0.2) is 29.5 Å². The van der Waals surface area contributed by atoms with E-state index in [1.54, 1.807) is 35.2 Å². The molecule has 0 spiro atoms. The van der Waals surface area contributed by atoms with Crippen LogP contribution in [0.15, 0.2) is 43.0 Å². The van der Waals surface area contributed by atoms with Gasteiger partial charge in [-0.1, -0.05) is 129 Å². The third kappa shape index (κ3) is 9.03. The number of anilines is 1. The lowest BCUT2D eigenvalue weighted by Crippen LogP contribution is -2.66. The molecule has 0 radical (unpaired) electrons. The van der Waals surface area contributed by atoms with Gasteiger partial charge in [-0.15, -0.1) is 0 Å². The Labute approximate surface area is 396 Å². The van der Waals surface area contributed by atoms with Crippen LogP contribution >= 0.6 is 0 Å². The van der Waals surface area contributed by atoms with Crippen LogP contribution in [0.1, 0.15) is 127 Å². The fraction of sp³-hybridized carbons (Fsp3) is 0.739. The van der Waals surface area contributed by atoms with E-state index in [1.165, 1.54) is 6.33 Å². The molecule has 1 aromatic carbocycles. The zero-order valence-electron chi connectivity index (χ0n) is 42.0. The first-order valence-corrected chi connectivity index (χ1v) is 32.2. The third-order valence-electron chi connectivity index (χ3n) is 14.4. The Morgan fingerprint density at radius 3 is 1.65 bits per heavy atom. The van der Waals surface area contributed by atoms with Gasteiger partial charge in [0.05, 0.1) is 19.5 Å². The Morgan fingerprint density at radius 2 is 1.15 bits per heavy atom. The van der Waals surface area contributed by atoms with Crippen molar-refractivity contribution in [3.63, 3.8) is 0 Å². The van der Waals surface area contributed by atoms with Crippen molar-refractivity contribution in [3.8, 4) is 0 Å². The summed E-state index contributed by atoms with van der Waals surface area (Å²) in [6, 6.07) is 8.93. The van der Waals surface area contributed by atoms with Gasteiger partial charge in [-0.3, -0.25) is 9.36 Å². The number of hydrogen-bond acceptors (Lipinski definition) is 14. The molecule has 4 saturated heterocycles. The first-order valence-electron chi connectivity index (χ1n) is 24.3. The Hall–Kier alpha value is -2.29. The number of nitrogens with one attached hydrogen (secondary N) is 1. The second-order valence-electron chi connectivity index (χ2n) is 21.2. The van der Waals surface area contributed by atoms with Gasteiger partial charge in [-0.05, 0) is 56.5 Å². The molecule has 6 heterocycles. The monoisotopic (exact) mass is 987 g/mol. The van der Waals surface area contributed by atoms with Crippen LogP contribution in [-0.2, 0) is 40.1 Å². The van der Waals surface area contributed by atoms with Gasteiger partial charge in [0.1, 0.15) is 43.0 Å². The van der Waals surface area contributed by atoms with E-state index in [4.69, 9.17) is 45.1 Å². The Morgan fingerprint density at radius 1 is 0.667 bits per heavy atom. The minimum atomic E-state index is -3.21. The maximum Gasteiger partial charge on any atom is 0.335 e. The highest BCUT2D eigenvalue weighted by molar-refractivity contribution is 6.84. The number of imidazole rings is 1. The van der Waals surface area contributed by atoms with E-state index in [2.05, 4.69) is 126 Å². The molecule has 4 fully saturated rings. The molecule has 8 atom stereocenters. The summed E-state index contributed by atoms with van der Waals surface area (Å²) >= 11 is 0. The summed E-state index contributed by atoms with van der Waals surface area (Å²) in [5.74, 6) is -0.0897. The molecule has 66 heavy (non-hydrogen) atoms. The normalized spacial score (nSPS) is 29.8. The molecular weight excluding hydrogens is 911 g/mol. The summed E-state index contributed by atoms with van der Waals surface area (Å²) < 4.78 is 67.1. The summed E-state index contributed by atoms with van der Waals surface area (Å²) in [4.78, 5) is 27.2. The van der Waals surface area contributed by atoms with Crippen LogP contribution in [0, 0.1) is 0 Å². The molecule has 16 nitrogen and oxygen atoms in total. The number of carbonyl (C=O) groups excluding carboxylic acids is 1. The van der Waals surface area contributed by atoms with Crippen LogP contribution in [0.25, 0.3) is 11.2 Å². The number of hydrogen-bond donors (Lipinski definition) is 2. The molecule has 4 aliphatic rings. The highest BCUT2D eigenvalue weighted by atomic mass is 28.5. The molecule has 4 aliphatic heterocycles. The molecular formula is C46H77N5O11Si4. The number of nitrogens with zero attached hydrogens (tertiary/aromatic N) is 4. The van der Waals surface area contributed by atoms with Gasteiger partial charge < -0.3 is 50.6 Å². The number of aliphatic hydroxyl groups is 1. The number of aliphatic hydroxyl groups excluding tert-OH is 1. The van der Waals surface area contributed by atoms with Crippen molar-refractivity contribution in [1.82, 2.24) is 19.5 Å². The summed E-state index contributed by atoms with van der Waals surface area (Å²) in [6.07, 6.45) is -4.01. The standard InChI is InChI=1S/C46H77N5O11Si4/c1-26(2)63(27(3)4)54-22-35-39(59-65(61-63,30(9)10)31(11)12)38(52)46(57-35)58-41-40-36(23-55-64(28(5)6,29(7)8)62-66(60-40,32(13)14)33(15)16)56-45(41)51-25-49-37-42(47-24-48-43(37)51)50-44(53)34-20-18-17-19-21-34/h17-21,24-33,35-36,38-41,45-46,52H,22-23H2,1-16H3,(H,47,48,50,53)/t35-,36-,38+,39-,40-,41-,45-,46-/m1/s1. The summed E-state index contributed by atoms with van der Waals surface area (Å²) in [6.45, 7) is 35.1. The average Bonchev–Trinajstić information content (AvgIpc) is 3.90. The molecule has 1 amide bonds. The lowest BCUT2D eigenvalue weighted by Gasteiger charge is -2.51. The molecule has 0 aliphatic carbocycles. The second kappa shape index (κ2) is 19.8. The van der Waals surface area contributed by atoms with Crippen LogP contribution in [0.3, 0.4) is 0 Å². The highest BCUT2D eigenvalue weighted by Gasteiger charge is 2.65. The molecule has 0 saturated carbocycles. The molecule has 2 N–H and O–H groups in total. The molecule has 7 rings (SSSR count). The molecule has 2 aromatic heterocycles. The smallest absolute Gasteiger partial charge is 0.335 e. The maximum absolute atomic E-state index is 13.4. The fourth-order valence-electron chi connectivity index (χ4n) is 10.8. The van der Waals surface area contributed by atoms with E-state index in [9.17, 15) is 9.90 Å². The third-order valence-corrected chi connectivity index (χ3v) is 34.9. The average molecular weight is 988 g/mol. The van der Waals surface area contributed by atoms with Crippen LogP contribution in [-0.4, -0.2) is 121 Å². The van der Waals surface area contributed by atoms with Gasteiger partial charge in [-0.25, -0.2) is 15.0 Å². The summed E-state index contributed by atoms with van der Waals surface area (Å²) in [7, 11) is -12.2. The van der Waals surface area contributed by atoms with Crippen molar-refractivity contribution in [2.45, 2.75) is 204 Å². The summed E-state index contributed by atoms with van der Waals surface area (Å²) in [5, 5.41) is 15.4. The van der Waals surface area contributed by atoms with Crippen LogP contribution in [0.4, 0.5) is 5.82 Å². The predicted molar refractivity (Wildman–Crippen MR) is 261 cm³/mol. The van der Waals surface area contributed by atoms with Gasteiger partial charge in [0.2, 0.25) is 0 Å². The van der Waals surface area contributed by atoms with E-state index < -0.39 is 83.4 Å². The predicted octanol–water partition coefficient (Wildman–Crippen LogP) is 9.36. The molecule has 20 heteroatoms.